The van der Waals surface area contributed by atoms with Crippen molar-refractivity contribution < 1.29 is 0 Å². The molecule has 0 saturated carbocycles. The Kier molecular flexibility index (Phi) is 22.4. The number of unbranched alkanes of at least 4 members (excludes halogenated alkanes) is 6. The molecule has 356 valence electrons. The molecule has 0 N–H and O–H groups in total. The van der Waals surface area contributed by atoms with Crippen molar-refractivity contribution in [2.24, 2.45) is 0 Å². The van der Waals surface area contributed by atoms with Crippen LogP contribution in [0.3, 0.4) is 0 Å². The molecule has 0 fully saturated rings. The van der Waals surface area contributed by atoms with Gasteiger partial charge in [0.1, 0.15) is 0 Å². The van der Waals surface area contributed by atoms with E-state index in [0.29, 0.717) is 0 Å². The molecule has 0 nitrogen and oxygen atoms in total. The lowest BCUT2D eigenvalue weighted by molar-refractivity contribution is 0.795. The number of benzene rings is 6. The number of hydrogen-bond acceptors (Lipinski definition) is 0. The maximum absolute atomic E-state index is 2.59. The van der Waals surface area contributed by atoms with Crippen molar-refractivity contribution >= 4 is 55.6 Å². The van der Waals surface area contributed by atoms with Gasteiger partial charge in [-0.15, -0.1) is 0 Å². The van der Waals surface area contributed by atoms with Gasteiger partial charge in [0, 0.05) is 0 Å². The second-order valence-corrected chi connectivity index (χ2v) is 27.6. The van der Waals surface area contributed by atoms with E-state index in [1.807, 2.05) is 0 Å². The van der Waals surface area contributed by atoms with Gasteiger partial charge in [-0.3, -0.25) is 0 Å². The highest BCUT2D eigenvalue weighted by Crippen LogP contribution is 2.79. The van der Waals surface area contributed by atoms with E-state index in [1.165, 1.54) is 142 Å². The van der Waals surface area contributed by atoms with Crippen LogP contribution in [0.25, 0.3) is 0 Å². The van der Waals surface area contributed by atoms with Crippen LogP contribution >= 0.6 is 23.8 Å². The largest absolute Gasteiger partial charge is 0.0654 e. The lowest BCUT2D eigenvalue weighted by Gasteiger charge is -2.53. The maximum Gasteiger partial charge on any atom is 0.0545 e. The van der Waals surface area contributed by atoms with Crippen LogP contribution in [0.1, 0.15) is 172 Å². The Balaban J connectivity index is 1.76. The molecule has 0 unspecified atom stereocenters. The van der Waals surface area contributed by atoms with Crippen molar-refractivity contribution in [2.75, 3.05) is 0 Å². The molecule has 0 radical (unpaired) electrons. The molecule has 0 aromatic heterocycles. The van der Waals surface area contributed by atoms with Gasteiger partial charge in [0.05, 0.1) is 4.64 Å². The SMILES string of the molecule is CCCCc1ccc(P(c2ccc(CCCC)cc2)C(CCC)(P(c2ccc(CCCC)cc2)c2ccc(CCCC)cc2)P(c2ccc(CCCC)cc2)c2ccc(CCCC)cc2)cc1. The van der Waals surface area contributed by atoms with Gasteiger partial charge in [-0.25, -0.2) is 0 Å². The molecule has 0 saturated heterocycles. The first-order chi connectivity index (χ1) is 32.9. The van der Waals surface area contributed by atoms with Crippen molar-refractivity contribution in [3.63, 3.8) is 0 Å². The summed E-state index contributed by atoms with van der Waals surface area (Å²) in [5.41, 5.74) is 8.82. The Morgan fingerprint density at radius 1 is 0.239 bits per heavy atom. The summed E-state index contributed by atoms with van der Waals surface area (Å²) in [6.07, 6.45) is 23.8. The Bertz CT molecular complexity index is 1840. The molecular formula is C64H85P3. The van der Waals surface area contributed by atoms with Gasteiger partial charge in [0.25, 0.3) is 0 Å². The van der Waals surface area contributed by atoms with Crippen LogP contribution < -0.4 is 31.8 Å². The third-order valence-electron chi connectivity index (χ3n) is 13.7. The molecule has 67 heavy (non-hydrogen) atoms. The minimum Gasteiger partial charge on any atom is -0.0654 e. The molecule has 0 amide bonds. The van der Waals surface area contributed by atoms with Gasteiger partial charge in [-0.2, -0.15) is 0 Å². The molecule has 0 aliphatic carbocycles. The second-order valence-electron chi connectivity index (χ2n) is 19.2. The van der Waals surface area contributed by atoms with Crippen molar-refractivity contribution in [3.05, 3.63) is 179 Å². The minimum atomic E-state index is -0.939. The van der Waals surface area contributed by atoms with Crippen LogP contribution in [-0.4, -0.2) is 4.64 Å². The van der Waals surface area contributed by atoms with E-state index in [4.69, 9.17) is 0 Å². The van der Waals surface area contributed by atoms with E-state index in [-0.39, 0.29) is 4.64 Å². The monoisotopic (exact) mass is 947 g/mol. The molecule has 6 rings (SSSR count). The lowest BCUT2D eigenvalue weighted by Crippen LogP contribution is -2.42. The first-order valence-corrected chi connectivity index (χ1v) is 30.9. The van der Waals surface area contributed by atoms with E-state index in [1.54, 1.807) is 0 Å². The fourth-order valence-corrected chi connectivity index (χ4v) is 23.8. The predicted octanol–water partition coefficient (Wildman–Crippen LogP) is 16.9. The van der Waals surface area contributed by atoms with Crippen molar-refractivity contribution in [3.8, 4) is 0 Å². The minimum absolute atomic E-state index is 0.142. The van der Waals surface area contributed by atoms with Gasteiger partial charge >= 0.3 is 0 Å². The number of rotatable bonds is 29. The molecule has 6 aromatic carbocycles. The zero-order chi connectivity index (χ0) is 47.3. The fraction of sp³-hybridized carbons (Fsp3) is 0.438. The van der Waals surface area contributed by atoms with Crippen molar-refractivity contribution in [1.82, 2.24) is 0 Å². The summed E-state index contributed by atoms with van der Waals surface area (Å²) in [5.74, 6) is 0. The molecule has 0 bridgehead atoms. The van der Waals surface area contributed by atoms with Crippen molar-refractivity contribution in [2.45, 2.75) is 182 Å². The topological polar surface area (TPSA) is 0 Å². The average molecular weight is 947 g/mol. The average Bonchev–Trinajstić information content (AvgIpc) is 3.37. The van der Waals surface area contributed by atoms with Crippen LogP contribution in [0.4, 0.5) is 0 Å². The molecular weight excluding hydrogens is 862 g/mol. The number of aryl methyl sites for hydroxylation is 6. The van der Waals surface area contributed by atoms with Gasteiger partial charge in [0.2, 0.25) is 0 Å². The normalized spacial score (nSPS) is 11.9. The third-order valence-corrected chi connectivity index (χ3v) is 25.0. The smallest absolute Gasteiger partial charge is 0.0545 e. The van der Waals surface area contributed by atoms with Gasteiger partial charge in [0.15, 0.2) is 0 Å². The molecule has 0 aliphatic heterocycles. The molecule has 6 aromatic rings. The molecule has 0 atom stereocenters. The van der Waals surface area contributed by atoms with E-state index in [0.717, 1.165) is 51.4 Å². The van der Waals surface area contributed by atoms with Crippen LogP contribution in [0, 0.1) is 0 Å². The van der Waals surface area contributed by atoms with Crippen LogP contribution in [-0.2, 0) is 38.5 Å². The Hall–Kier alpha value is -3.39. The van der Waals surface area contributed by atoms with Crippen molar-refractivity contribution in [1.29, 1.82) is 0 Å². The maximum atomic E-state index is 2.59. The molecule has 0 spiro atoms. The summed E-state index contributed by atoms with van der Waals surface area (Å²) in [4.78, 5) is 0. The van der Waals surface area contributed by atoms with Gasteiger partial charge in [-0.1, -0.05) is 239 Å². The Labute approximate surface area is 413 Å². The summed E-state index contributed by atoms with van der Waals surface area (Å²) < 4.78 is -0.142. The van der Waals surface area contributed by atoms with E-state index in [9.17, 15) is 0 Å². The second kappa shape index (κ2) is 28.3. The lowest BCUT2D eigenvalue weighted by atomic mass is 10.1. The predicted molar refractivity (Wildman–Crippen MR) is 307 cm³/mol. The van der Waals surface area contributed by atoms with Gasteiger partial charge < -0.3 is 0 Å². The first-order valence-electron chi connectivity index (χ1n) is 26.9. The van der Waals surface area contributed by atoms with E-state index < -0.39 is 23.8 Å². The fourth-order valence-electron chi connectivity index (χ4n) is 9.81. The van der Waals surface area contributed by atoms with Crippen LogP contribution in [0.5, 0.6) is 0 Å². The zero-order valence-corrected chi connectivity index (χ0v) is 45.5. The highest BCUT2D eigenvalue weighted by Gasteiger charge is 2.53. The highest BCUT2D eigenvalue weighted by molar-refractivity contribution is 8.05. The standard InChI is InChI=1S/C64H85P3/c1-8-15-21-52-27-39-58(40-28-52)65(59-41-29-53(30-42-59)22-16-9-2)64(51-14-7,66(60-43-31-54(32-44-60)23-17-10-3)61-45-33-55(34-46-61)24-18-11-4)67(62-47-35-56(36-48-62)25-19-12-5)63-49-37-57(38-50-63)26-20-13-6/h27-50H,8-26,51H2,1-7H3. The zero-order valence-electron chi connectivity index (χ0n) is 42.8. The summed E-state index contributed by atoms with van der Waals surface area (Å²) in [5, 5.41) is 9.18. The Morgan fingerprint density at radius 3 is 0.537 bits per heavy atom. The summed E-state index contributed by atoms with van der Waals surface area (Å²) >= 11 is 0. The molecule has 3 heteroatoms. The molecule has 0 aliphatic rings. The quantitative estimate of drug-likeness (QED) is 0.0411. The highest BCUT2D eigenvalue weighted by atomic mass is 31.2. The van der Waals surface area contributed by atoms with Crippen LogP contribution in [0.2, 0.25) is 0 Å². The third kappa shape index (κ3) is 14.3. The van der Waals surface area contributed by atoms with E-state index >= 15 is 0 Å². The van der Waals surface area contributed by atoms with Crippen LogP contribution in [0.15, 0.2) is 146 Å². The Morgan fingerprint density at radius 2 is 0.403 bits per heavy atom. The molecule has 0 heterocycles. The first kappa shape index (κ1) is 53.0. The summed E-state index contributed by atoms with van der Waals surface area (Å²) in [7, 11) is -2.82. The summed E-state index contributed by atoms with van der Waals surface area (Å²) in [6, 6.07) is 61.2. The number of hydrogen-bond donors (Lipinski definition) is 0. The van der Waals surface area contributed by atoms with Gasteiger partial charge in [-0.05, 0) is 172 Å². The summed E-state index contributed by atoms with van der Waals surface area (Å²) in [6.45, 7) is 16.4. The van der Waals surface area contributed by atoms with E-state index in [2.05, 4.69) is 194 Å².